The average Bonchev–Trinajstić information content (AvgIpc) is 2.89. The van der Waals surface area contributed by atoms with E-state index in [4.69, 9.17) is 11.6 Å². The van der Waals surface area contributed by atoms with Crippen LogP contribution in [0.25, 0.3) is 16.6 Å². The second-order valence-corrected chi connectivity index (χ2v) is 5.10. The van der Waals surface area contributed by atoms with Crippen LogP contribution in [-0.4, -0.2) is 24.8 Å². The molecule has 0 aliphatic rings. The maximum Gasteiger partial charge on any atom is 0.178 e. The van der Waals surface area contributed by atoms with Gasteiger partial charge in [0.25, 0.3) is 0 Å². The van der Waals surface area contributed by atoms with Gasteiger partial charge in [-0.15, -0.1) is 10.2 Å². The Hall–Kier alpha value is -2.53. The Morgan fingerprint density at radius 3 is 2.81 bits per heavy atom. The lowest BCUT2D eigenvalue weighted by Crippen LogP contribution is -2.01. The summed E-state index contributed by atoms with van der Waals surface area (Å²) in [4.78, 5) is 4.64. The Bertz CT molecular complexity index is 947. The number of halogens is 1. The van der Waals surface area contributed by atoms with E-state index in [1.165, 1.54) is 0 Å². The van der Waals surface area contributed by atoms with Gasteiger partial charge in [-0.1, -0.05) is 35.9 Å². The second kappa shape index (κ2) is 4.79. The van der Waals surface area contributed by atoms with Crippen LogP contribution in [0, 0.1) is 0 Å². The molecule has 6 heteroatoms. The highest BCUT2D eigenvalue weighted by Crippen LogP contribution is 2.14. The van der Waals surface area contributed by atoms with E-state index in [9.17, 15) is 0 Å². The summed E-state index contributed by atoms with van der Waals surface area (Å²) in [6, 6.07) is 15.6. The van der Waals surface area contributed by atoms with E-state index in [1.54, 1.807) is 16.6 Å². The lowest BCUT2D eigenvalue weighted by molar-refractivity contribution is 0.829. The Kier molecular flexibility index (Phi) is 2.79. The molecule has 5 nitrogen and oxygen atoms in total. The lowest BCUT2D eigenvalue weighted by atomic mass is 10.2. The third kappa shape index (κ3) is 2.21. The van der Waals surface area contributed by atoms with E-state index >= 15 is 0 Å². The van der Waals surface area contributed by atoms with Crippen molar-refractivity contribution in [2.75, 3.05) is 0 Å². The fraction of sp³-hybridized carbons (Fsp3) is 0.0667. The molecule has 4 aromatic rings. The minimum Gasteiger partial charge on any atom is -0.252 e. The minimum atomic E-state index is 0.412. The Balaban J connectivity index is 1.77. The zero-order valence-corrected chi connectivity index (χ0v) is 11.7. The minimum absolute atomic E-state index is 0.412. The summed E-state index contributed by atoms with van der Waals surface area (Å²) in [7, 11) is 0. The van der Waals surface area contributed by atoms with E-state index < -0.39 is 0 Å². The normalized spacial score (nSPS) is 11.3. The predicted octanol–water partition coefficient (Wildman–Crippen LogP) is 2.92. The number of hydrogen-bond donors (Lipinski definition) is 0. The summed E-state index contributed by atoms with van der Waals surface area (Å²) in [6.07, 6.45) is 0.555. The van der Waals surface area contributed by atoms with E-state index in [-0.39, 0.29) is 0 Å². The summed E-state index contributed by atoms with van der Waals surface area (Å²) < 4.78 is 1.65. The van der Waals surface area contributed by atoms with E-state index in [1.807, 2.05) is 30.3 Å². The molecule has 0 unspecified atom stereocenters. The SMILES string of the molecule is Clc1ccc2nnc(Cc3ccc4ccccc4n3)n2n1. The summed E-state index contributed by atoms with van der Waals surface area (Å²) in [5.41, 5.74) is 2.56. The molecule has 0 aliphatic heterocycles. The van der Waals surface area contributed by atoms with Gasteiger partial charge in [0.15, 0.2) is 11.5 Å². The van der Waals surface area contributed by atoms with Crippen molar-refractivity contribution in [1.29, 1.82) is 0 Å². The number of nitrogens with zero attached hydrogens (tertiary/aromatic N) is 5. The maximum atomic E-state index is 5.93. The first-order valence-corrected chi connectivity index (χ1v) is 6.89. The van der Waals surface area contributed by atoms with E-state index in [0.717, 1.165) is 22.4 Å². The quantitative estimate of drug-likeness (QED) is 0.570. The molecule has 3 aromatic heterocycles. The predicted molar refractivity (Wildman–Crippen MR) is 80.3 cm³/mol. The molecule has 0 N–H and O–H groups in total. The number of para-hydroxylation sites is 1. The smallest absolute Gasteiger partial charge is 0.178 e. The van der Waals surface area contributed by atoms with Gasteiger partial charge >= 0.3 is 0 Å². The molecule has 21 heavy (non-hydrogen) atoms. The van der Waals surface area contributed by atoms with Gasteiger partial charge in [-0.25, -0.2) is 0 Å². The Labute approximate surface area is 125 Å². The first kappa shape index (κ1) is 12.2. The van der Waals surface area contributed by atoms with E-state index in [2.05, 4.69) is 26.3 Å². The molecule has 0 atom stereocenters. The molecule has 4 rings (SSSR count). The van der Waals surface area contributed by atoms with Crippen molar-refractivity contribution in [2.24, 2.45) is 0 Å². The molecule has 0 saturated carbocycles. The summed E-state index contributed by atoms with van der Waals surface area (Å²) in [5, 5.41) is 14.0. The van der Waals surface area contributed by atoms with Crippen LogP contribution in [-0.2, 0) is 6.42 Å². The molecular weight excluding hydrogens is 286 g/mol. The first-order valence-electron chi connectivity index (χ1n) is 6.51. The monoisotopic (exact) mass is 295 g/mol. The number of pyridine rings is 1. The van der Waals surface area contributed by atoms with Crippen molar-refractivity contribution in [3.05, 3.63) is 65.2 Å². The largest absolute Gasteiger partial charge is 0.252 e. The van der Waals surface area contributed by atoms with Crippen LogP contribution in [0.4, 0.5) is 0 Å². The summed E-state index contributed by atoms with van der Waals surface area (Å²) in [5.74, 6) is 0.718. The molecule has 1 aromatic carbocycles. The Morgan fingerprint density at radius 1 is 0.952 bits per heavy atom. The van der Waals surface area contributed by atoms with Crippen molar-refractivity contribution in [3.8, 4) is 0 Å². The fourth-order valence-corrected chi connectivity index (χ4v) is 2.43. The molecule has 0 amide bonds. The molecular formula is C15H10ClN5. The molecule has 3 heterocycles. The van der Waals surface area contributed by atoms with Crippen LogP contribution in [0.5, 0.6) is 0 Å². The van der Waals surface area contributed by atoms with E-state index in [0.29, 0.717) is 17.2 Å². The van der Waals surface area contributed by atoms with Crippen LogP contribution in [0.1, 0.15) is 11.5 Å². The number of benzene rings is 1. The van der Waals surface area contributed by atoms with Crippen LogP contribution >= 0.6 is 11.6 Å². The molecule has 0 bridgehead atoms. The topological polar surface area (TPSA) is 56.0 Å². The number of fused-ring (bicyclic) bond motifs is 2. The van der Waals surface area contributed by atoms with Crippen molar-refractivity contribution < 1.29 is 0 Å². The zero-order chi connectivity index (χ0) is 14.2. The van der Waals surface area contributed by atoms with Crippen molar-refractivity contribution in [1.82, 2.24) is 24.8 Å². The third-order valence-corrected chi connectivity index (χ3v) is 3.49. The third-order valence-electron chi connectivity index (χ3n) is 3.29. The fourth-order valence-electron chi connectivity index (χ4n) is 2.29. The van der Waals surface area contributed by atoms with Crippen molar-refractivity contribution in [2.45, 2.75) is 6.42 Å². The molecule has 102 valence electrons. The summed E-state index contributed by atoms with van der Waals surface area (Å²) in [6.45, 7) is 0. The van der Waals surface area contributed by atoms with Crippen molar-refractivity contribution >= 4 is 28.2 Å². The highest BCUT2D eigenvalue weighted by atomic mass is 35.5. The number of aromatic nitrogens is 5. The van der Waals surface area contributed by atoms with Gasteiger partial charge in [-0.3, -0.25) is 4.98 Å². The molecule has 0 radical (unpaired) electrons. The second-order valence-electron chi connectivity index (χ2n) is 4.71. The number of hydrogen-bond acceptors (Lipinski definition) is 4. The number of rotatable bonds is 2. The van der Waals surface area contributed by atoms with Crippen LogP contribution in [0.15, 0.2) is 48.5 Å². The van der Waals surface area contributed by atoms with Crippen LogP contribution < -0.4 is 0 Å². The molecule has 0 fully saturated rings. The van der Waals surface area contributed by atoms with Gasteiger partial charge in [-0.05, 0) is 24.3 Å². The van der Waals surface area contributed by atoms with Gasteiger partial charge in [-0.2, -0.15) is 9.61 Å². The zero-order valence-electron chi connectivity index (χ0n) is 10.9. The van der Waals surface area contributed by atoms with Gasteiger partial charge < -0.3 is 0 Å². The highest BCUT2D eigenvalue weighted by Gasteiger charge is 2.09. The van der Waals surface area contributed by atoms with Gasteiger partial charge in [0, 0.05) is 11.1 Å². The lowest BCUT2D eigenvalue weighted by Gasteiger charge is -2.02. The standard InChI is InChI=1S/C15H10ClN5/c16-13-7-8-14-18-19-15(21(14)20-13)9-11-6-5-10-3-1-2-4-12(10)17-11/h1-8H,9H2. The summed E-state index contributed by atoms with van der Waals surface area (Å²) >= 11 is 5.93. The molecule has 0 aliphatic carbocycles. The van der Waals surface area contributed by atoms with Crippen LogP contribution in [0.3, 0.4) is 0 Å². The maximum absolute atomic E-state index is 5.93. The molecule has 0 saturated heterocycles. The highest BCUT2D eigenvalue weighted by molar-refractivity contribution is 6.29. The Morgan fingerprint density at radius 2 is 1.86 bits per heavy atom. The van der Waals surface area contributed by atoms with Gasteiger partial charge in [0.2, 0.25) is 0 Å². The molecule has 0 spiro atoms. The van der Waals surface area contributed by atoms with Gasteiger partial charge in [0.1, 0.15) is 5.15 Å². The first-order chi connectivity index (χ1) is 10.3. The average molecular weight is 296 g/mol. The van der Waals surface area contributed by atoms with Crippen molar-refractivity contribution in [3.63, 3.8) is 0 Å². The van der Waals surface area contributed by atoms with Crippen LogP contribution in [0.2, 0.25) is 5.15 Å². The van der Waals surface area contributed by atoms with Gasteiger partial charge in [0.05, 0.1) is 11.9 Å².